The zero-order chi connectivity index (χ0) is 11.3. The van der Waals surface area contributed by atoms with E-state index in [1.165, 1.54) is 0 Å². The second-order valence-electron chi connectivity index (χ2n) is 3.35. The van der Waals surface area contributed by atoms with Gasteiger partial charge in [0.15, 0.2) is 0 Å². The van der Waals surface area contributed by atoms with Gasteiger partial charge in [-0.2, -0.15) is 0 Å². The number of aromatic nitrogens is 1. The molecule has 3 heteroatoms. The van der Waals surface area contributed by atoms with Crippen molar-refractivity contribution in [3.63, 3.8) is 0 Å². The summed E-state index contributed by atoms with van der Waals surface area (Å²) in [5, 5.41) is 9.08. The number of hydrogen-bond acceptors (Lipinski definition) is 3. The third-order valence-corrected chi connectivity index (χ3v) is 2.17. The van der Waals surface area contributed by atoms with Gasteiger partial charge in [-0.25, -0.2) is 4.98 Å². The number of aryl methyl sites for hydroxylation is 1. The van der Waals surface area contributed by atoms with Gasteiger partial charge in [0.1, 0.15) is 5.82 Å². The van der Waals surface area contributed by atoms with E-state index in [4.69, 9.17) is 11.5 Å². The summed E-state index contributed by atoms with van der Waals surface area (Å²) in [5.74, 6) is 3.43. The molecule has 1 rings (SSSR count). The molecule has 0 aliphatic carbocycles. The minimum Gasteiger partial charge on any atom is -0.392 e. The van der Waals surface area contributed by atoms with Crippen LogP contribution in [0.1, 0.15) is 18.2 Å². The van der Waals surface area contributed by atoms with Gasteiger partial charge in [-0.05, 0) is 31.5 Å². The average molecular weight is 204 g/mol. The Labute approximate surface area is 90.8 Å². The van der Waals surface area contributed by atoms with Crippen LogP contribution in [0, 0.1) is 19.3 Å². The Bertz CT molecular complexity index is 368. The van der Waals surface area contributed by atoms with Crippen LogP contribution in [0.5, 0.6) is 0 Å². The molecule has 0 aromatic carbocycles. The van der Waals surface area contributed by atoms with E-state index in [0.717, 1.165) is 23.6 Å². The van der Waals surface area contributed by atoms with E-state index in [1.54, 1.807) is 0 Å². The molecule has 0 amide bonds. The Hall–Kier alpha value is -1.53. The summed E-state index contributed by atoms with van der Waals surface area (Å²) in [7, 11) is 0. The van der Waals surface area contributed by atoms with Crippen molar-refractivity contribution in [3.8, 4) is 12.3 Å². The summed E-state index contributed by atoms with van der Waals surface area (Å²) in [6.07, 6.45) is 5.28. The maximum Gasteiger partial charge on any atom is 0.129 e. The zero-order valence-corrected chi connectivity index (χ0v) is 9.20. The molecule has 0 radical (unpaired) electrons. The number of terminal acetylenes is 1. The van der Waals surface area contributed by atoms with Crippen LogP contribution in [0.2, 0.25) is 0 Å². The van der Waals surface area contributed by atoms with Crippen LogP contribution >= 0.6 is 0 Å². The highest BCUT2D eigenvalue weighted by Gasteiger charge is 2.06. The Morgan fingerprint density at radius 3 is 2.80 bits per heavy atom. The largest absolute Gasteiger partial charge is 0.392 e. The Kier molecular flexibility index (Phi) is 4.14. The van der Waals surface area contributed by atoms with Crippen LogP contribution in [0.15, 0.2) is 12.1 Å². The van der Waals surface area contributed by atoms with Crippen LogP contribution in [-0.2, 0) is 6.61 Å². The smallest absolute Gasteiger partial charge is 0.129 e. The zero-order valence-electron chi connectivity index (χ0n) is 9.20. The van der Waals surface area contributed by atoms with Crippen LogP contribution in [0.25, 0.3) is 0 Å². The van der Waals surface area contributed by atoms with E-state index in [0.29, 0.717) is 6.54 Å². The molecular formula is C12H16N2O. The van der Waals surface area contributed by atoms with Crippen molar-refractivity contribution < 1.29 is 5.11 Å². The van der Waals surface area contributed by atoms with Gasteiger partial charge in [0.05, 0.1) is 13.2 Å². The second kappa shape index (κ2) is 5.38. The molecule has 80 valence electrons. The number of hydrogen-bond donors (Lipinski definition) is 1. The van der Waals surface area contributed by atoms with Crippen LogP contribution < -0.4 is 4.90 Å². The van der Waals surface area contributed by atoms with Gasteiger partial charge in [0.25, 0.3) is 0 Å². The predicted molar refractivity (Wildman–Crippen MR) is 61.6 cm³/mol. The van der Waals surface area contributed by atoms with Crippen molar-refractivity contribution in [1.29, 1.82) is 0 Å². The van der Waals surface area contributed by atoms with Gasteiger partial charge in [0.2, 0.25) is 0 Å². The first kappa shape index (κ1) is 11.5. The van der Waals surface area contributed by atoms with E-state index >= 15 is 0 Å². The predicted octanol–water partition coefficient (Wildman–Crippen LogP) is 1.34. The fraction of sp³-hybridized carbons (Fsp3) is 0.417. The lowest BCUT2D eigenvalue weighted by molar-refractivity contribution is 0.281. The molecule has 1 aromatic rings. The third-order valence-electron chi connectivity index (χ3n) is 2.17. The maximum atomic E-state index is 9.08. The second-order valence-corrected chi connectivity index (χ2v) is 3.35. The van der Waals surface area contributed by atoms with Gasteiger partial charge in [-0.3, -0.25) is 0 Å². The lowest BCUT2D eigenvalue weighted by Gasteiger charge is -2.20. The quantitative estimate of drug-likeness (QED) is 0.752. The van der Waals surface area contributed by atoms with E-state index in [2.05, 4.69) is 10.9 Å². The monoisotopic (exact) mass is 204 g/mol. The number of nitrogens with zero attached hydrogens (tertiary/aromatic N) is 2. The summed E-state index contributed by atoms with van der Waals surface area (Å²) >= 11 is 0. The third kappa shape index (κ3) is 2.97. The molecule has 1 N–H and O–H groups in total. The number of rotatable bonds is 4. The molecule has 1 heterocycles. The molecule has 0 spiro atoms. The lowest BCUT2D eigenvalue weighted by Crippen LogP contribution is -2.24. The minimum atomic E-state index is 0.0317. The number of aliphatic hydroxyl groups is 1. The molecule has 0 saturated carbocycles. The number of aliphatic hydroxyl groups excluding tert-OH is 1. The van der Waals surface area contributed by atoms with Crippen LogP contribution in [0.3, 0.4) is 0 Å². The topological polar surface area (TPSA) is 36.4 Å². The SMILES string of the molecule is C#CCN(CC)c1cc(CO)cc(C)n1. The van der Waals surface area contributed by atoms with E-state index in [-0.39, 0.29) is 6.61 Å². The summed E-state index contributed by atoms with van der Waals surface area (Å²) in [6.45, 7) is 5.32. The summed E-state index contributed by atoms with van der Waals surface area (Å²) in [5.41, 5.74) is 1.76. The van der Waals surface area contributed by atoms with Crippen LogP contribution in [0.4, 0.5) is 5.82 Å². The molecule has 0 fully saturated rings. The van der Waals surface area contributed by atoms with E-state index in [1.807, 2.05) is 30.9 Å². The minimum absolute atomic E-state index is 0.0317. The Balaban J connectivity index is 3.01. The Morgan fingerprint density at radius 1 is 1.53 bits per heavy atom. The van der Waals surface area contributed by atoms with Crippen LogP contribution in [-0.4, -0.2) is 23.2 Å². The molecule has 0 saturated heterocycles. The first-order chi connectivity index (χ1) is 7.21. The highest BCUT2D eigenvalue weighted by Crippen LogP contribution is 2.14. The first-order valence-electron chi connectivity index (χ1n) is 4.98. The fourth-order valence-corrected chi connectivity index (χ4v) is 1.44. The molecule has 0 bridgehead atoms. The van der Waals surface area contributed by atoms with Gasteiger partial charge in [-0.15, -0.1) is 6.42 Å². The molecular weight excluding hydrogens is 188 g/mol. The highest BCUT2D eigenvalue weighted by molar-refractivity contribution is 5.43. The standard InChI is InChI=1S/C12H16N2O/c1-4-6-14(5-2)12-8-11(9-15)7-10(3)13-12/h1,7-8,15H,5-6,9H2,2-3H3. The molecule has 3 nitrogen and oxygen atoms in total. The molecule has 0 atom stereocenters. The average Bonchev–Trinajstić information content (AvgIpc) is 2.24. The summed E-state index contributed by atoms with van der Waals surface area (Å²) in [4.78, 5) is 6.38. The van der Waals surface area contributed by atoms with Crippen molar-refractivity contribution in [2.75, 3.05) is 18.0 Å². The maximum absolute atomic E-state index is 9.08. The van der Waals surface area contributed by atoms with Crippen molar-refractivity contribution in [2.45, 2.75) is 20.5 Å². The molecule has 1 aromatic heterocycles. The summed E-state index contributed by atoms with van der Waals surface area (Å²) in [6, 6.07) is 3.74. The molecule has 0 aliphatic rings. The highest BCUT2D eigenvalue weighted by atomic mass is 16.3. The van der Waals surface area contributed by atoms with Crippen molar-refractivity contribution in [3.05, 3.63) is 23.4 Å². The first-order valence-corrected chi connectivity index (χ1v) is 4.98. The normalized spacial score (nSPS) is 9.73. The van der Waals surface area contributed by atoms with Gasteiger partial charge < -0.3 is 10.0 Å². The molecule has 0 aliphatic heterocycles. The lowest BCUT2D eigenvalue weighted by atomic mass is 10.2. The summed E-state index contributed by atoms with van der Waals surface area (Å²) < 4.78 is 0. The van der Waals surface area contributed by atoms with E-state index in [9.17, 15) is 0 Å². The Morgan fingerprint density at radius 2 is 2.27 bits per heavy atom. The van der Waals surface area contributed by atoms with Crippen molar-refractivity contribution in [2.24, 2.45) is 0 Å². The van der Waals surface area contributed by atoms with Gasteiger partial charge in [0, 0.05) is 12.2 Å². The van der Waals surface area contributed by atoms with Crippen molar-refractivity contribution in [1.82, 2.24) is 4.98 Å². The molecule has 15 heavy (non-hydrogen) atoms. The van der Waals surface area contributed by atoms with Crippen molar-refractivity contribution >= 4 is 5.82 Å². The van der Waals surface area contributed by atoms with Gasteiger partial charge >= 0.3 is 0 Å². The fourth-order valence-electron chi connectivity index (χ4n) is 1.44. The number of anilines is 1. The number of pyridine rings is 1. The van der Waals surface area contributed by atoms with Gasteiger partial charge in [-0.1, -0.05) is 5.92 Å². The van der Waals surface area contributed by atoms with E-state index < -0.39 is 0 Å². The molecule has 0 unspecified atom stereocenters.